The van der Waals surface area contributed by atoms with Crippen LogP contribution in [-0.4, -0.2) is 22.0 Å². The van der Waals surface area contributed by atoms with Crippen LogP contribution in [0.1, 0.15) is 88.4 Å². The van der Waals surface area contributed by atoms with Gasteiger partial charge in [-0.05, 0) is 132 Å². The summed E-state index contributed by atoms with van der Waals surface area (Å²) in [6.07, 6.45) is 9.81. The molecule has 0 bridgehead atoms. The summed E-state index contributed by atoms with van der Waals surface area (Å²) < 4.78 is 12.5. The van der Waals surface area contributed by atoms with Crippen molar-refractivity contribution in [3.63, 3.8) is 0 Å². The molecule has 3 nitrogen and oxygen atoms in total. The highest BCUT2D eigenvalue weighted by Crippen LogP contribution is 2.57. The predicted molar refractivity (Wildman–Crippen MR) is 212 cm³/mol. The minimum Gasteiger partial charge on any atom is -0.491 e. The topological polar surface area (TPSA) is 19.1 Å². The SMILES string of the molecule is CC(C)(C)C1CC2Oc3cc(-n4c5c(c6ccccc64)CCC5)ccc3B3c4ccc(-n5c6c(c7ccccc75)CCC6)cc4C(C)(C)C(C1)C32. The number of aromatic nitrogens is 2. The van der Waals surface area contributed by atoms with Gasteiger partial charge in [-0.1, -0.05) is 88.6 Å². The molecule has 0 amide bonds. The molecule has 1 fully saturated rings. The van der Waals surface area contributed by atoms with Crippen molar-refractivity contribution in [1.82, 2.24) is 9.13 Å². The van der Waals surface area contributed by atoms with E-state index in [2.05, 4.69) is 129 Å². The van der Waals surface area contributed by atoms with Crippen LogP contribution in [0.15, 0.2) is 84.9 Å². The second-order valence-electron chi connectivity index (χ2n) is 18.3. The summed E-state index contributed by atoms with van der Waals surface area (Å²) in [4.78, 5) is 0. The van der Waals surface area contributed by atoms with Crippen molar-refractivity contribution in [3.05, 3.63) is 113 Å². The highest BCUT2D eigenvalue weighted by molar-refractivity contribution is 6.88. The van der Waals surface area contributed by atoms with Crippen molar-refractivity contribution >= 4 is 39.4 Å². The summed E-state index contributed by atoms with van der Waals surface area (Å²) in [6.45, 7) is 12.8. The Hall–Kier alpha value is -4.18. The number of nitrogens with zero attached hydrogens (tertiary/aromatic N) is 2. The molecule has 0 spiro atoms. The van der Waals surface area contributed by atoms with Crippen LogP contribution >= 0.6 is 0 Å². The molecule has 2 aromatic heterocycles. The molecule has 0 saturated heterocycles. The Morgan fingerprint density at radius 1 is 0.686 bits per heavy atom. The molecule has 0 N–H and O–H groups in total. The van der Waals surface area contributed by atoms with Gasteiger partial charge >= 0.3 is 0 Å². The minimum atomic E-state index is 0.0340. The first-order valence-electron chi connectivity index (χ1n) is 19.9. The highest BCUT2D eigenvalue weighted by Gasteiger charge is 2.58. The van der Waals surface area contributed by atoms with Crippen molar-refractivity contribution in [2.45, 2.75) is 103 Å². The Labute approximate surface area is 303 Å². The fourth-order valence-corrected chi connectivity index (χ4v) is 12.0. The molecule has 4 aromatic carbocycles. The van der Waals surface area contributed by atoms with E-state index in [1.807, 2.05) is 0 Å². The standard InChI is InChI=1S/C47H49BN2O/c1-46(2,3)28-24-36-45-44(25-28)51-43-27-30(50-40-17-9-7-13-32(40)34-15-11-19-42(34)50)21-23-38(43)48(45)37-22-20-29(26-35(37)47(36,4)5)49-39-16-8-6-12-31(39)33-14-10-18-41(33)49/h6-9,12-13,16-17,20-23,26-28,36,44-45H,10-11,14-15,18-19,24-25H2,1-5H3. The first-order valence-corrected chi connectivity index (χ1v) is 19.9. The number of hydrogen-bond donors (Lipinski definition) is 0. The Morgan fingerprint density at radius 2 is 1.27 bits per heavy atom. The third-order valence-electron chi connectivity index (χ3n) is 14.5. The largest absolute Gasteiger partial charge is 0.491 e. The van der Waals surface area contributed by atoms with Crippen LogP contribution in [0, 0.1) is 17.3 Å². The molecule has 6 aromatic rings. The molecule has 4 unspecified atom stereocenters. The maximum Gasteiger partial charge on any atom is 0.221 e. The smallest absolute Gasteiger partial charge is 0.221 e. The van der Waals surface area contributed by atoms with E-state index in [1.54, 1.807) is 16.7 Å². The van der Waals surface area contributed by atoms with E-state index >= 15 is 0 Å². The summed E-state index contributed by atoms with van der Waals surface area (Å²) in [6, 6.07) is 33.0. The fraction of sp³-hybridized carbons (Fsp3) is 0.404. The summed E-state index contributed by atoms with van der Waals surface area (Å²) in [5, 5.41) is 2.87. The number of hydrogen-bond acceptors (Lipinski definition) is 1. The molecular formula is C47H49BN2O. The minimum absolute atomic E-state index is 0.0340. The molecule has 0 radical (unpaired) electrons. The van der Waals surface area contributed by atoms with Gasteiger partial charge in [-0.15, -0.1) is 0 Å². The van der Waals surface area contributed by atoms with Crippen LogP contribution in [0.4, 0.5) is 0 Å². The van der Waals surface area contributed by atoms with Gasteiger partial charge in [0, 0.05) is 39.6 Å². The zero-order valence-electron chi connectivity index (χ0n) is 30.9. The van der Waals surface area contributed by atoms with Crippen molar-refractivity contribution < 1.29 is 4.74 Å². The van der Waals surface area contributed by atoms with E-state index in [0.29, 0.717) is 24.4 Å². The van der Waals surface area contributed by atoms with Crippen LogP contribution in [0.5, 0.6) is 5.75 Å². The second-order valence-corrected chi connectivity index (χ2v) is 18.3. The highest BCUT2D eigenvalue weighted by atomic mass is 16.5. The van der Waals surface area contributed by atoms with Gasteiger partial charge in [-0.2, -0.15) is 0 Å². The molecule has 4 heteroatoms. The lowest BCUT2D eigenvalue weighted by Crippen LogP contribution is -2.66. The molecule has 51 heavy (non-hydrogen) atoms. The molecule has 11 rings (SSSR count). The van der Waals surface area contributed by atoms with E-state index in [-0.39, 0.29) is 16.9 Å². The molecule has 256 valence electrons. The molecule has 1 saturated carbocycles. The zero-order chi connectivity index (χ0) is 34.4. The van der Waals surface area contributed by atoms with Crippen LogP contribution in [0.25, 0.3) is 33.2 Å². The summed E-state index contributed by atoms with van der Waals surface area (Å²) in [5.41, 5.74) is 16.2. The van der Waals surface area contributed by atoms with Gasteiger partial charge in [0.25, 0.3) is 0 Å². The van der Waals surface area contributed by atoms with Crippen molar-refractivity contribution in [3.8, 4) is 17.1 Å². The summed E-state index contributed by atoms with van der Waals surface area (Å²) in [5.74, 6) is 2.75. The molecule has 2 aliphatic heterocycles. The summed E-state index contributed by atoms with van der Waals surface area (Å²) in [7, 11) is 0. The lowest BCUT2D eigenvalue weighted by Gasteiger charge is -2.58. The van der Waals surface area contributed by atoms with Crippen LogP contribution in [-0.2, 0) is 31.1 Å². The maximum absolute atomic E-state index is 7.34. The lowest BCUT2D eigenvalue weighted by atomic mass is 9.23. The predicted octanol–water partition coefficient (Wildman–Crippen LogP) is 9.66. The van der Waals surface area contributed by atoms with Crippen molar-refractivity contribution in [2.24, 2.45) is 17.3 Å². The van der Waals surface area contributed by atoms with E-state index in [4.69, 9.17) is 4.74 Å². The van der Waals surface area contributed by atoms with E-state index < -0.39 is 0 Å². The van der Waals surface area contributed by atoms with Crippen LogP contribution in [0.3, 0.4) is 0 Å². The van der Waals surface area contributed by atoms with Crippen molar-refractivity contribution in [1.29, 1.82) is 0 Å². The zero-order valence-corrected chi connectivity index (χ0v) is 30.9. The van der Waals surface area contributed by atoms with Gasteiger partial charge in [0.05, 0.1) is 17.1 Å². The number of fused-ring (bicyclic) bond motifs is 10. The number of rotatable bonds is 2. The first-order chi connectivity index (χ1) is 24.7. The Morgan fingerprint density at radius 3 is 1.90 bits per heavy atom. The fourth-order valence-electron chi connectivity index (χ4n) is 12.0. The molecule has 3 aliphatic carbocycles. The molecule has 5 aliphatic rings. The molecule has 4 heterocycles. The number of ether oxygens (including phenoxy) is 1. The van der Waals surface area contributed by atoms with Gasteiger partial charge in [-0.25, -0.2) is 0 Å². The molecule has 4 atom stereocenters. The Kier molecular flexibility index (Phi) is 6.25. The van der Waals surface area contributed by atoms with E-state index in [9.17, 15) is 0 Å². The van der Waals surface area contributed by atoms with E-state index in [1.165, 1.54) is 94.0 Å². The normalized spacial score (nSPS) is 24.2. The quantitative estimate of drug-likeness (QED) is 0.168. The average molecular weight is 669 g/mol. The second kappa shape index (κ2) is 10.5. The first kappa shape index (κ1) is 30.5. The molecular weight excluding hydrogens is 619 g/mol. The monoisotopic (exact) mass is 668 g/mol. The van der Waals surface area contributed by atoms with Gasteiger partial charge < -0.3 is 13.9 Å². The Balaban J connectivity index is 1.11. The summed E-state index contributed by atoms with van der Waals surface area (Å²) >= 11 is 0. The van der Waals surface area contributed by atoms with E-state index in [0.717, 1.165) is 18.6 Å². The third-order valence-corrected chi connectivity index (χ3v) is 14.5. The number of para-hydroxylation sites is 2. The van der Waals surface area contributed by atoms with Crippen molar-refractivity contribution in [2.75, 3.05) is 0 Å². The van der Waals surface area contributed by atoms with Gasteiger partial charge in [0.1, 0.15) is 5.75 Å². The average Bonchev–Trinajstić information content (AvgIpc) is 3.91. The van der Waals surface area contributed by atoms with Crippen LogP contribution < -0.4 is 15.7 Å². The van der Waals surface area contributed by atoms with Crippen LogP contribution in [0.2, 0.25) is 5.82 Å². The third kappa shape index (κ3) is 4.14. The Bertz CT molecular complexity index is 2420. The van der Waals surface area contributed by atoms with Gasteiger partial charge in [0.2, 0.25) is 6.71 Å². The lowest BCUT2D eigenvalue weighted by molar-refractivity contribution is 0.0182. The van der Waals surface area contributed by atoms with Gasteiger partial charge in [0.15, 0.2) is 0 Å². The number of aryl methyl sites for hydroxylation is 2. The maximum atomic E-state index is 7.34. The number of benzene rings is 4. The van der Waals surface area contributed by atoms with Gasteiger partial charge in [-0.3, -0.25) is 0 Å².